The minimum absolute atomic E-state index is 0.00198. The van der Waals surface area contributed by atoms with Gasteiger partial charge >= 0.3 is 6.36 Å². The summed E-state index contributed by atoms with van der Waals surface area (Å²) < 4.78 is 71.0. The second-order valence-corrected chi connectivity index (χ2v) is 10.8. The van der Waals surface area contributed by atoms with Crippen molar-refractivity contribution >= 4 is 29.1 Å². The molecule has 0 spiro atoms. The predicted octanol–water partition coefficient (Wildman–Crippen LogP) is 5.26. The van der Waals surface area contributed by atoms with Crippen molar-refractivity contribution in [2.75, 3.05) is 11.4 Å². The van der Waals surface area contributed by atoms with Gasteiger partial charge in [0, 0.05) is 47.4 Å². The third kappa shape index (κ3) is 5.78. The molecule has 1 saturated carbocycles. The van der Waals surface area contributed by atoms with Gasteiger partial charge in [0.2, 0.25) is 6.43 Å². The van der Waals surface area contributed by atoms with Gasteiger partial charge in [-0.3, -0.25) is 14.6 Å². The second-order valence-electron chi connectivity index (χ2n) is 10.3. The Kier molecular flexibility index (Phi) is 8.13. The molecular weight excluding hydrogens is 585 g/mol. The van der Waals surface area contributed by atoms with Gasteiger partial charge in [-0.1, -0.05) is 30.3 Å². The molecule has 13 heteroatoms. The molecule has 2 N–H and O–H groups in total. The lowest BCUT2D eigenvalue weighted by atomic mass is 9.77. The average Bonchev–Trinajstić information content (AvgIpc) is 3.16. The summed E-state index contributed by atoms with van der Waals surface area (Å²) in [5.41, 5.74) is -1.91. The normalized spacial score (nSPS) is 25.8. The fraction of sp³-hybridized carbons (Fsp3) is 0.345. The molecule has 222 valence electrons. The van der Waals surface area contributed by atoms with Crippen LogP contribution < -0.4 is 15.0 Å². The predicted molar refractivity (Wildman–Crippen MR) is 142 cm³/mol. The van der Waals surface area contributed by atoms with Gasteiger partial charge in [0.1, 0.15) is 5.75 Å². The highest BCUT2D eigenvalue weighted by molar-refractivity contribution is 6.21. The van der Waals surface area contributed by atoms with E-state index in [4.69, 9.17) is 11.6 Å². The van der Waals surface area contributed by atoms with Crippen LogP contribution >= 0.6 is 11.6 Å². The lowest BCUT2D eigenvalue weighted by Crippen LogP contribution is -2.52. The van der Waals surface area contributed by atoms with Crippen LogP contribution in [0.25, 0.3) is 0 Å². The summed E-state index contributed by atoms with van der Waals surface area (Å²) in [5.74, 6) is -3.97. The van der Waals surface area contributed by atoms with Gasteiger partial charge in [0.05, 0.1) is 11.3 Å². The summed E-state index contributed by atoms with van der Waals surface area (Å²) in [6.45, 7) is -0.141. The average molecular weight is 610 g/mol. The van der Waals surface area contributed by atoms with Crippen molar-refractivity contribution in [2.24, 2.45) is 11.8 Å². The fourth-order valence-corrected chi connectivity index (χ4v) is 6.08. The summed E-state index contributed by atoms with van der Waals surface area (Å²) in [4.78, 5) is 31.5. The Morgan fingerprint density at radius 1 is 1.14 bits per heavy atom. The first-order valence-electron chi connectivity index (χ1n) is 13.0. The molecule has 2 heterocycles. The smallest absolute Gasteiger partial charge is 0.406 e. The van der Waals surface area contributed by atoms with Crippen LogP contribution in [0.3, 0.4) is 0 Å². The Hall–Kier alpha value is -3.77. The molecular formula is C29H25ClF5N3O4. The van der Waals surface area contributed by atoms with E-state index in [1.54, 1.807) is 24.3 Å². The first-order valence-corrected chi connectivity index (χ1v) is 13.5. The second kappa shape index (κ2) is 11.5. The number of benzene rings is 2. The van der Waals surface area contributed by atoms with E-state index in [0.29, 0.717) is 0 Å². The molecule has 5 atom stereocenters. The summed E-state index contributed by atoms with van der Waals surface area (Å²) in [6, 6.07) is 12.8. The number of nitrogens with zero attached hydrogens (tertiary/aromatic N) is 2. The SMILES string of the molecule is O=C(N[C@@H]1C[C@@H](Cl)[C@@H](CN2C(=O)[C@@](O)(c3cccc(OC(F)(F)F)c3)c3ccccc32)C[C@H]1C(F)F)c1cccnc1. The van der Waals surface area contributed by atoms with Crippen LogP contribution in [0, 0.1) is 11.8 Å². The number of carbonyl (C=O) groups excluding carboxylic acids is 2. The van der Waals surface area contributed by atoms with E-state index in [1.165, 1.54) is 41.6 Å². The molecule has 1 aliphatic heterocycles. The number of halogens is 6. The van der Waals surface area contributed by atoms with Gasteiger partial charge in [-0.25, -0.2) is 8.78 Å². The maximum Gasteiger partial charge on any atom is 0.573 e. The van der Waals surface area contributed by atoms with Crippen molar-refractivity contribution in [1.29, 1.82) is 0 Å². The Morgan fingerprint density at radius 3 is 2.60 bits per heavy atom. The van der Waals surface area contributed by atoms with Crippen LogP contribution in [0.1, 0.15) is 34.3 Å². The molecule has 0 unspecified atom stereocenters. The van der Waals surface area contributed by atoms with Crippen molar-refractivity contribution < 1.29 is 41.4 Å². The number of nitrogens with one attached hydrogen (secondary N) is 1. The fourth-order valence-electron chi connectivity index (χ4n) is 5.70. The summed E-state index contributed by atoms with van der Waals surface area (Å²) >= 11 is 6.67. The van der Waals surface area contributed by atoms with Gasteiger partial charge in [-0.2, -0.15) is 0 Å². The van der Waals surface area contributed by atoms with E-state index in [0.717, 1.165) is 12.1 Å². The maximum atomic E-state index is 14.2. The Morgan fingerprint density at radius 2 is 1.90 bits per heavy atom. The summed E-state index contributed by atoms with van der Waals surface area (Å²) in [5, 5.41) is 13.6. The van der Waals surface area contributed by atoms with Crippen molar-refractivity contribution in [3.63, 3.8) is 0 Å². The van der Waals surface area contributed by atoms with Crippen LogP contribution in [0.15, 0.2) is 73.1 Å². The highest BCUT2D eigenvalue weighted by Crippen LogP contribution is 2.47. The molecule has 2 amide bonds. The van der Waals surface area contributed by atoms with E-state index in [9.17, 15) is 36.6 Å². The molecule has 2 aromatic carbocycles. The number of aromatic nitrogens is 1. The molecule has 2 aliphatic rings. The number of alkyl halides is 6. The Bertz CT molecular complexity index is 1460. The highest BCUT2D eigenvalue weighted by Gasteiger charge is 2.53. The van der Waals surface area contributed by atoms with E-state index in [2.05, 4.69) is 15.0 Å². The first-order chi connectivity index (χ1) is 19.9. The van der Waals surface area contributed by atoms with Crippen LogP contribution in [0.2, 0.25) is 0 Å². The van der Waals surface area contributed by atoms with Gasteiger partial charge in [0.25, 0.3) is 11.8 Å². The number of amides is 2. The Balaban J connectivity index is 1.39. The van der Waals surface area contributed by atoms with Crippen molar-refractivity contribution in [1.82, 2.24) is 10.3 Å². The zero-order valence-electron chi connectivity index (χ0n) is 21.8. The molecule has 1 aliphatic carbocycles. The van der Waals surface area contributed by atoms with Crippen molar-refractivity contribution in [3.8, 4) is 5.75 Å². The number of hydrogen-bond acceptors (Lipinski definition) is 5. The molecule has 3 aromatic rings. The monoisotopic (exact) mass is 609 g/mol. The zero-order chi connectivity index (χ0) is 30.2. The largest absolute Gasteiger partial charge is 0.573 e. The van der Waals surface area contributed by atoms with E-state index >= 15 is 0 Å². The quantitative estimate of drug-likeness (QED) is 0.282. The first kappa shape index (κ1) is 29.7. The standard InChI is InChI=1S/C29H25ClF5N3O4/c30-22-13-23(37-26(39)16-5-4-10-36-14-16)20(25(31)32)11-17(22)15-38-24-9-2-1-8-21(24)28(41,27(38)40)18-6-3-7-19(12-18)42-29(33,34)35/h1-10,12,14,17,20,22-23,25,41H,11,13,15H2,(H,37,39)/t17-,20-,22-,23-,28-/m1/s1. The number of anilines is 1. The third-order valence-corrected chi connectivity index (χ3v) is 8.22. The van der Waals surface area contributed by atoms with Crippen molar-refractivity contribution in [2.45, 2.75) is 42.6 Å². The highest BCUT2D eigenvalue weighted by atomic mass is 35.5. The minimum atomic E-state index is -4.99. The number of aliphatic hydroxyl groups is 1. The lowest BCUT2D eigenvalue weighted by molar-refractivity contribution is -0.274. The van der Waals surface area contributed by atoms with Crippen LogP contribution in [0.4, 0.5) is 27.6 Å². The molecule has 7 nitrogen and oxygen atoms in total. The van der Waals surface area contributed by atoms with E-state index in [1.807, 2.05) is 0 Å². The van der Waals surface area contributed by atoms with Gasteiger partial charge < -0.3 is 20.1 Å². The molecule has 1 fully saturated rings. The molecule has 0 bridgehead atoms. The number of fused-ring (bicyclic) bond motifs is 1. The number of ether oxygens (including phenoxy) is 1. The summed E-state index contributed by atoms with van der Waals surface area (Å²) in [7, 11) is 0. The van der Waals surface area contributed by atoms with Gasteiger partial charge in [0.15, 0.2) is 5.60 Å². The maximum absolute atomic E-state index is 14.2. The Labute approximate surface area is 242 Å². The molecule has 0 saturated heterocycles. The number of rotatable bonds is 7. The zero-order valence-corrected chi connectivity index (χ0v) is 22.5. The minimum Gasteiger partial charge on any atom is -0.406 e. The topological polar surface area (TPSA) is 91.8 Å². The van der Waals surface area contributed by atoms with Crippen LogP contribution in [-0.2, 0) is 10.4 Å². The number of carbonyl (C=O) groups is 2. The molecule has 42 heavy (non-hydrogen) atoms. The van der Waals surface area contributed by atoms with E-state index < -0.39 is 59.2 Å². The van der Waals surface area contributed by atoms with Crippen LogP contribution in [-0.4, -0.2) is 52.7 Å². The van der Waals surface area contributed by atoms with Crippen LogP contribution in [0.5, 0.6) is 5.75 Å². The van der Waals surface area contributed by atoms with Gasteiger partial charge in [-0.15, -0.1) is 24.8 Å². The third-order valence-electron chi connectivity index (χ3n) is 7.69. The van der Waals surface area contributed by atoms with Crippen molar-refractivity contribution in [3.05, 3.63) is 89.7 Å². The number of para-hydroxylation sites is 1. The number of pyridine rings is 1. The lowest BCUT2D eigenvalue weighted by Gasteiger charge is -2.40. The van der Waals surface area contributed by atoms with E-state index in [-0.39, 0.29) is 41.8 Å². The molecule has 5 rings (SSSR count). The molecule has 0 radical (unpaired) electrons. The molecule has 1 aromatic heterocycles. The van der Waals surface area contributed by atoms with Gasteiger partial charge in [-0.05, 0) is 49.1 Å². The summed E-state index contributed by atoms with van der Waals surface area (Å²) in [6.07, 6.45) is -5.13. The number of hydrogen-bond donors (Lipinski definition) is 2.